The number of carbonyl (C=O) groups is 2. The number of aromatic nitrogens is 4. The predicted octanol–water partition coefficient (Wildman–Crippen LogP) is 2.04. The zero-order valence-corrected chi connectivity index (χ0v) is 19.0. The summed E-state index contributed by atoms with van der Waals surface area (Å²) in [6.45, 7) is 3.25. The van der Waals surface area contributed by atoms with E-state index < -0.39 is 0 Å². The number of carbonyl (C=O) groups excluding carboxylic acids is 2. The number of urea groups is 1. The Morgan fingerprint density at radius 1 is 1.24 bits per heavy atom. The molecule has 1 unspecified atom stereocenters. The zero-order valence-electron chi connectivity index (χ0n) is 18.2. The van der Waals surface area contributed by atoms with Crippen LogP contribution in [0.2, 0.25) is 5.02 Å². The van der Waals surface area contributed by atoms with E-state index >= 15 is 0 Å². The van der Waals surface area contributed by atoms with Crippen molar-refractivity contribution in [3.8, 4) is 11.3 Å². The maximum atomic E-state index is 12.0. The molecule has 2 aliphatic rings. The number of fused-ring (bicyclic) bond motifs is 2. The second-order valence-electron chi connectivity index (χ2n) is 8.48. The van der Waals surface area contributed by atoms with Crippen LogP contribution in [0.3, 0.4) is 0 Å². The molecule has 34 heavy (non-hydrogen) atoms. The summed E-state index contributed by atoms with van der Waals surface area (Å²) in [5.41, 5.74) is 4.15. The quantitative estimate of drug-likeness (QED) is 0.424. The highest BCUT2D eigenvalue weighted by atomic mass is 35.5. The summed E-state index contributed by atoms with van der Waals surface area (Å²) in [7, 11) is 0. The SMILES string of the molecule is O=C1CNC(=O)N1Cc1cc2c(-c3cc(Cl)cc4ccn(CC5CNCCO5)c34)ncnn2c1. The summed E-state index contributed by atoms with van der Waals surface area (Å²) in [5, 5.41) is 11.9. The van der Waals surface area contributed by atoms with Gasteiger partial charge in [0.2, 0.25) is 5.91 Å². The van der Waals surface area contributed by atoms with Crippen LogP contribution in [0.15, 0.2) is 43.0 Å². The Hall–Kier alpha value is -3.47. The summed E-state index contributed by atoms with van der Waals surface area (Å²) >= 11 is 6.49. The van der Waals surface area contributed by atoms with Crippen LogP contribution < -0.4 is 10.6 Å². The van der Waals surface area contributed by atoms with Gasteiger partial charge in [-0.25, -0.2) is 14.3 Å². The lowest BCUT2D eigenvalue weighted by molar-refractivity contribution is -0.125. The van der Waals surface area contributed by atoms with Gasteiger partial charge in [-0.05, 0) is 29.8 Å². The van der Waals surface area contributed by atoms with E-state index in [1.807, 2.05) is 36.7 Å². The van der Waals surface area contributed by atoms with Crippen LogP contribution in [0.25, 0.3) is 27.7 Å². The Bertz CT molecular complexity index is 1410. The minimum Gasteiger partial charge on any atom is -0.374 e. The number of morpholine rings is 1. The number of benzene rings is 1. The van der Waals surface area contributed by atoms with E-state index in [-0.39, 0.29) is 31.1 Å². The molecule has 6 rings (SSSR count). The van der Waals surface area contributed by atoms with Gasteiger partial charge < -0.3 is 19.9 Å². The molecule has 0 spiro atoms. The topological polar surface area (TPSA) is 106 Å². The number of rotatable bonds is 5. The van der Waals surface area contributed by atoms with Crippen LogP contribution in [0.5, 0.6) is 0 Å². The van der Waals surface area contributed by atoms with Gasteiger partial charge in [0, 0.05) is 41.5 Å². The van der Waals surface area contributed by atoms with Crippen molar-refractivity contribution in [3.63, 3.8) is 0 Å². The molecular weight excluding hydrogens is 458 g/mol. The molecular formula is C23H22ClN7O3. The van der Waals surface area contributed by atoms with Crippen molar-refractivity contribution < 1.29 is 14.3 Å². The summed E-state index contributed by atoms with van der Waals surface area (Å²) < 4.78 is 9.81. The van der Waals surface area contributed by atoms with E-state index in [2.05, 4.69) is 25.3 Å². The fourth-order valence-corrected chi connectivity index (χ4v) is 4.90. The first kappa shape index (κ1) is 21.1. The van der Waals surface area contributed by atoms with Crippen LogP contribution in [0.4, 0.5) is 4.79 Å². The number of ether oxygens (including phenoxy) is 1. The van der Waals surface area contributed by atoms with E-state index in [9.17, 15) is 9.59 Å². The van der Waals surface area contributed by atoms with Crippen molar-refractivity contribution in [2.45, 2.75) is 19.2 Å². The average molecular weight is 480 g/mol. The largest absolute Gasteiger partial charge is 0.374 e. The van der Waals surface area contributed by atoms with Gasteiger partial charge in [-0.2, -0.15) is 5.10 Å². The third-order valence-corrected chi connectivity index (χ3v) is 6.44. The molecule has 2 fully saturated rings. The maximum Gasteiger partial charge on any atom is 0.324 e. The van der Waals surface area contributed by atoms with Crippen molar-refractivity contribution in [2.75, 3.05) is 26.2 Å². The summed E-state index contributed by atoms with van der Waals surface area (Å²) in [6.07, 6.45) is 5.42. The van der Waals surface area contributed by atoms with Gasteiger partial charge in [0.25, 0.3) is 0 Å². The number of halogens is 1. The molecule has 2 N–H and O–H groups in total. The Kier molecular flexibility index (Phi) is 5.20. The first-order chi connectivity index (χ1) is 16.6. The smallest absolute Gasteiger partial charge is 0.324 e. The van der Waals surface area contributed by atoms with E-state index in [1.165, 1.54) is 11.2 Å². The zero-order chi connectivity index (χ0) is 23.2. The van der Waals surface area contributed by atoms with E-state index in [1.54, 1.807) is 4.52 Å². The van der Waals surface area contributed by atoms with Crippen LogP contribution in [0.1, 0.15) is 5.56 Å². The number of hydrogen-bond acceptors (Lipinski definition) is 6. The summed E-state index contributed by atoms with van der Waals surface area (Å²) in [4.78, 5) is 29.8. The van der Waals surface area contributed by atoms with Crippen LogP contribution >= 0.6 is 11.6 Å². The van der Waals surface area contributed by atoms with E-state index in [4.69, 9.17) is 16.3 Å². The number of hydrogen-bond donors (Lipinski definition) is 2. The maximum absolute atomic E-state index is 12.0. The van der Waals surface area contributed by atoms with Gasteiger partial charge in [0.05, 0.1) is 49.1 Å². The van der Waals surface area contributed by atoms with Gasteiger partial charge in [-0.3, -0.25) is 9.69 Å². The van der Waals surface area contributed by atoms with Gasteiger partial charge in [0.15, 0.2) is 0 Å². The molecule has 1 aromatic carbocycles. The molecule has 0 bridgehead atoms. The van der Waals surface area contributed by atoms with E-state index in [0.29, 0.717) is 23.9 Å². The molecule has 0 radical (unpaired) electrons. The molecule has 2 saturated heterocycles. The monoisotopic (exact) mass is 479 g/mol. The molecule has 2 aliphatic heterocycles. The molecule has 0 saturated carbocycles. The van der Waals surface area contributed by atoms with Gasteiger partial charge in [-0.15, -0.1) is 0 Å². The molecule has 3 amide bonds. The van der Waals surface area contributed by atoms with Crippen molar-refractivity contribution in [3.05, 3.63) is 53.6 Å². The molecule has 1 atom stereocenters. The molecule has 4 aromatic rings. The Morgan fingerprint density at radius 2 is 2.15 bits per heavy atom. The van der Waals surface area contributed by atoms with Gasteiger partial charge >= 0.3 is 6.03 Å². The van der Waals surface area contributed by atoms with Crippen molar-refractivity contribution in [1.82, 2.24) is 34.7 Å². The molecule has 11 heteroatoms. The van der Waals surface area contributed by atoms with Crippen LogP contribution in [-0.4, -0.2) is 68.3 Å². The van der Waals surface area contributed by atoms with E-state index in [0.717, 1.165) is 40.6 Å². The van der Waals surface area contributed by atoms with Crippen LogP contribution in [0, 0.1) is 0 Å². The third-order valence-electron chi connectivity index (χ3n) is 6.23. The number of amides is 3. The van der Waals surface area contributed by atoms with Gasteiger partial charge in [-0.1, -0.05) is 11.6 Å². The summed E-state index contributed by atoms with van der Waals surface area (Å²) in [5.74, 6) is -0.250. The minimum absolute atomic E-state index is 0.0228. The predicted molar refractivity (Wildman–Crippen MR) is 125 cm³/mol. The number of imide groups is 1. The molecule has 3 aromatic heterocycles. The molecule has 5 heterocycles. The molecule has 10 nitrogen and oxygen atoms in total. The standard InChI is InChI=1S/C23H22ClN7O3/c24-16-6-15-1-3-29(12-17-8-25-2-4-34-17)22(15)18(7-16)21-19-5-14(11-31(19)28-13-27-21)10-30-20(32)9-26-23(30)33/h1,3,5-7,11,13,17,25H,2,4,8-10,12H2,(H,26,33). The third kappa shape index (κ3) is 3.69. The average Bonchev–Trinajstić information content (AvgIpc) is 3.52. The first-order valence-electron chi connectivity index (χ1n) is 11.1. The highest BCUT2D eigenvalue weighted by molar-refractivity contribution is 6.32. The lowest BCUT2D eigenvalue weighted by Crippen LogP contribution is -2.40. The fourth-order valence-electron chi connectivity index (χ4n) is 4.68. The van der Waals surface area contributed by atoms with Crippen molar-refractivity contribution in [1.29, 1.82) is 0 Å². The minimum atomic E-state index is -0.389. The van der Waals surface area contributed by atoms with Crippen LogP contribution in [-0.2, 0) is 22.6 Å². The second-order valence-corrected chi connectivity index (χ2v) is 8.92. The Balaban J connectivity index is 1.43. The highest BCUT2D eigenvalue weighted by Crippen LogP contribution is 2.34. The lowest BCUT2D eigenvalue weighted by atomic mass is 10.1. The summed E-state index contributed by atoms with van der Waals surface area (Å²) in [6, 6.07) is 7.41. The Labute approximate surface area is 199 Å². The fraction of sp³-hybridized carbons (Fsp3) is 0.304. The second kappa shape index (κ2) is 8.39. The van der Waals surface area contributed by atoms with Crippen molar-refractivity contribution >= 4 is 40.0 Å². The Morgan fingerprint density at radius 3 is 2.94 bits per heavy atom. The van der Waals surface area contributed by atoms with Crippen molar-refractivity contribution in [2.24, 2.45) is 0 Å². The number of nitrogens with one attached hydrogen (secondary N) is 2. The highest BCUT2D eigenvalue weighted by Gasteiger charge is 2.29. The lowest BCUT2D eigenvalue weighted by Gasteiger charge is -2.24. The number of nitrogens with zero attached hydrogens (tertiary/aromatic N) is 5. The normalized spacial score (nSPS) is 18.9. The molecule has 0 aliphatic carbocycles. The van der Waals surface area contributed by atoms with Gasteiger partial charge in [0.1, 0.15) is 6.33 Å². The molecule has 174 valence electrons. The first-order valence-corrected chi connectivity index (χ1v) is 11.5.